The molecule has 0 unspecified atom stereocenters. The lowest BCUT2D eigenvalue weighted by atomic mass is 10.0. The third kappa shape index (κ3) is 10.4. The lowest BCUT2D eigenvalue weighted by Crippen LogP contribution is -2.03. The Balaban J connectivity index is 0.000000187. The summed E-state index contributed by atoms with van der Waals surface area (Å²) in [4.78, 5) is 47.6. The highest BCUT2D eigenvalue weighted by molar-refractivity contribution is 5.80. The number of fused-ring (bicyclic) bond motifs is 2. The second-order valence-corrected chi connectivity index (χ2v) is 16.5. The number of para-hydroxylation sites is 2. The summed E-state index contributed by atoms with van der Waals surface area (Å²) in [5.74, 6) is 2.81. The van der Waals surface area contributed by atoms with Gasteiger partial charge in [0.15, 0.2) is 17.5 Å². The zero-order chi connectivity index (χ0) is 46.2. The van der Waals surface area contributed by atoms with Crippen LogP contribution in [0.2, 0.25) is 0 Å². The second-order valence-electron chi connectivity index (χ2n) is 16.5. The molecule has 11 nitrogen and oxygen atoms in total. The third-order valence-electron chi connectivity index (χ3n) is 11.3. The minimum Gasteiger partial charge on any atom is -0.507 e. The largest absolute Gasteiger partial charge is 0.507 e. The summed E-state index contributed by atoms with van der Waals surface area (Å²) in [5.41, 5.74) is 8.54. The summed E-state index contributed by atoms with van der Waals surface area (Å²) in [6.45, 7) is 11.1. The van der Waals surface area contributed by atoms with Crippen molar-refractivity contribution in [1.29, 1.82) is 0 Å². The number of aromatic nitrogens is 5. The maximum Gasteiger partial charge on any atom is 0.347 e. The molecule has 1 N–H and O–H groups in total. The van der Waals surface area contributed by atoms with Crippen LogP contribution >= 0.6 is 0 Å². The SMILES string of the molecule is CCCCCCCCOc1ccc(-c2nc(-c3ccc(C)cc3C)nc(-c3ccc(C)cc3C)n2)c(O)c1.O=c1oc(-c2ccc(-c3nc4ccccc4c(=O)o3)cc2)nc2ccccc12. The van der Waals surface area contributed by atoms with Crippen LogP contribution < -0.4 is 16.0 Å². The molecule has 3 aromatic heterocycles. The minimum absolute atomic E-state index is 0.0924. The fourth-order valence-corrected chi connectivity index (χ4v) is 7.77. The van der Waals surface area contributed by atoms with Gasteiger partial charge < -0.3 is 18.7 Å². The number of hydrogen-bond donors (Lipinski definition) is 1. The molecule has 0 saturated carbocycles. The number of nitrogens with zero attached hydrogens (tertiary/aromatic N) is 5. The normalized spacial score (nSPS) is 11.1. The smallest absolute Gasteiger partial charge is 0.347 e. The summed E-state index contributed by atoms with van der Waals surface area (Å²) in [5, 5.41) is 11.8. The van der Waals surface area contributed by atoms with Gasteiger partial charge in [0, 0.05) is 28.3 Å². The Morgan fingerprint density at radius 3 is 1.44 bits per heavy atom. The molecule has 0 atom stereocenters. The molecule has 332 valence electrons. The number of unbranched alkanes of at least 4 members (excludes halogenated alkanes) is 5. The van der Waals surface area contributed by atoms with E-state index in [4.69, 9.17) is 28.5 Å². The zero-order valence-corrected chi connectivity index (χ0v) is 37.8. The Bertz CT molecular complexity index is 3110. The molecule has 9 rings (SSSR count). The summed E-state index contributed by atoms with van der Waals surface area (Å²) >= 11 is 0. The Morgan fingerprint density at radius 2 is 0.955 bits per heavy atom. The highest BCUT2D eigenvalue weighted by Crippen LogP contribution is 2.34. The van der Waals surface area contributed by atoms with E-state index >= 15 is 0 Å². The Kier molecular flexibility index (Phi) is 13.8. The van der Waals surface area contributed by atoms with Gasteiger partial charge in [-0.15, -0.1) is 0 Å². The average Bonchev–Trinajstić information content (AvgIpc) is 3.31. The zero-order valence-electron chi connectivity index (χ0n) is 37.8. The van der Waals surface area contributed by atoms with Gasteiger partial charge in [0.1, 0.15) is 11.5 Å². The van der Waals surface area contributed by atoms with Crippen molar-refractivity contribution in [1.82, 2.24) is 24.9 Å². The van der Waals surface area contributed by atoms with Crippen molar-refractivity contribution in [3.8, 4) is 68.6 Å². The van der Waals surface area contributed by atoms with Crippen molar-refractivity contribution in [2.75, 3.05) is 6.61 Å². The van der Waals surface area contributed by atoms with Crippen LogP contribution in [0.4, 0.5) is 0 Å². The second kappa shape index (κ2) is 20.4. The van der Waals surface area contributed by atoms with E-state index in [1.807, 2.05) is 24.3 Å². The van der Waals surface area contributed by atoms with Crippen molar-refractivity contribution >= 4 is 21.8 Å². The van der Waals surface area contributed by atoms with E-state index in [-0.39, 0.29) is 17.5 Å². The average molecular weight is 878 g/mol. The molecule has 0 aliphatic rings. The Morgan fingerprint density at radius 1 is 0.500 bits per heavy atom. The first-order valence-electron chi connectivity index (χ1n) is 22.3. The molecule has 0 saturated heterocycles. The van der Waals surface area contributed by atoms with E-state index in [0.29, 0.717) is 68.3 Å². The van der Waals surface area contributed by atoms with E-state index in [1.54, 1.807) is 66.7 Å². The quantitative estimate of drug-likeness (QED) is 0.110. The first-order chi connectivity index (χ1) is 32.0. The first kappa shape index (κ1) is 44.8. The van der Waals surface area contributed by atoms with Gasteiger partial charge in [-0.25, -0.2) is 34.5 Å². The van der Waals surface area contributed by atoms with Crippen molar-refractivity contribution in [3.63, 3.8) is 0 Å². The molecule has 0 amide bonds. The number of aromatic hydroxyl groups is 1. The highest BCUT2D eigenvalue weighted by atomic mass is 16.5. The van der Waals surface area contributed by atoms with Crippen LogP contribution in [-0.4, -0.2) is 36.6 Å². The number of phenolic OH excluding ortho intramolecular Hbond substituents is 1. The summed E-state index contributed by atoms with van der Waals surface area (Å²) in [6, 6.07) is 38.9. The summed E-state index contributed by atoms with van der Waals surface area (Å²) < 4.78 is 16.6. The van der Waals surface area contributed by atoms with E-state index in [9.17, 15) is 14.7 Å². The maximum atomic E-state index is 12.2. The van der Waals surface area contributed by atoms with E-state index < -0.39 is 11.3 Å². The lowest BCUT2D eigenvalue weighted by Gasteiger charge is -2.13. The molecule has 0 spiro atoms. The number of aryl methyl sites for hydroxylation is 4. The number of benzene rings is 6. The van der Waals surface area contributed by atoms with Gasteiger partial charge in [-0.1, -0.05) is 111 Å². The van der Waals surface area contributed by atoms with Gasteiger partial charge in [0.25, 0.3) is 0 Å². The van der Waals surface area contributed by atoms with Gasteiger partial charge in [0.2, 0.25) is 11.8 Å². The summed E-state index contributed by atoms with van der Waals surface area (Å²) in [7, 11) is 0. The molecule has 0 aliphatic heterocycles. The number of hydrogen-bond acceptors (Lipinski definition) is 11. The van der Waals surface area contributed by atoms with Crippen LogP contribution in [0.1, 0.15) is 67.7 Å². The van der Waals surface area contributed by atoms with Crippen molar-refractivity contribution < 1.29 is 18.7 Å². The van der Waals surface area contributed by atoms with E-state index in [0.717, 1.165) is 35.1 Å². The monoisotopic (exact) mass is 877 g/mol. The number of phenols is 1. The predicted molar refractivity (Wildman–Crippen MR) is 261 cm³/mol. The molecule has 3 heterocycles. The van der Waals surface area contributed by atoms with Crippen molar-refractivity contribution in [3.05, 3.63) is 170 Å². The van der Waals surface area contributed by atoms with Gasteiger partial charge in [-0.05, 0) is 106 Å². The standard InChI is InChI=1S/C33H39N3O2.C22H12N2O4/c1-6-7-8-9-10-11-18-38-26-14-17-29(30(37)21-26)33-35-31(27-15-12-22(2)19-24(27)4)34-32(36-33)28-16-13-23(3)20-25(28)5;25-21-15-5-1-3-7-17(15)23-19(27-21)13-9-11-14(12-10-13)20-24-18-8-4-2-6-16(18)22(26)28-20/h12-17,19-21,37H,6-11,18H2,1-5H3;1-12H. The van der Waals surface area contributed by atoms with Gasteiger partial charge in [-0.2, -0.15) is 0 Å². The molecular formula is C55H51N5O6. The molecule has 11 heteroatoms. The Labute approximate surface area is 382 Å². The highest BCUT2D eigenvalue weighted by Gasteiger charge is 2.18. The molecule has 6 aromatic carbocycles. The molecule has 0 bridgehead atoms. The topological polar surface area (TPSA) is 154 Å². The van der Waals surface area contributed by atoms with Crippen molar-refractivity contribution in [2.24, 2.45) is 0 Å². The molecule has 0 fully saturated rings. The molecular weight excluding hydrogens is 827 g/mol. The van der Waals surface area contributed by atoms with Crippen LogP contribution in [0.3, 0.4) is 0 Å². The molecule has 0 radical (unpaired) electrons. The predicted octanol–water partition coefficient (Wildman–Crippen LogP) is 12.6. The van der Waals surface area contributed by atoms with E-state index in [2.05, 4.69) is 81.0 Å². The molecule has 0 aliphatic carbocycles. The number of ether oxygens (including phenoxy) is 1. The van der Waals surface area contributed by atoms with Crippen LogP contribution in [0.15, 0.2) is 146 Å². The maximum absolute atomic E-state index is 12.2. The summed E-state index contributed by atoms with van der Waals surface area (Å²) in [6.07, 6.45) is 7.25. The van der Waals surface area contributed by atoms with Crippen LogP contribution in [0.25, 0.3) is 78.9 Å². The lowest BCUT2D eigenvalue weighted by molar-refractivity contribution is 0.303. The first-order valence-corrected chi connectivity index (χ1v) is 22.3. The molecule has 9 aromatic rings. The number of rotatable bonds is 13. The minimum atomic E-state index is -0.438. The van der Waals surface area contributed by atoms with Crippen molar-refractivity contribution in [2.45, 2.75) is 73.1 Å². The third-order valence-corrected chi connectivity index (χ3v) is 11.3. The van der Waals surface area contributed by atoms with Gasteiger partial charge >= 0.3 is 11.3 Å². The van der Waals surface area contributed by atoms with E-state index in [1.165, 1.54) is 36.8 Å². The van der Waals surface area contributed by atoms with Crippen LogP contribution in [0.5, 0.6) is 11.5 Å². The van der Waals surface area contributed by atoms with Crippen LogP contribution in [-0.2, 0) is 0 Å². The Hall–Kier alpha value is -7.79. The fourth-order valence-electron chi connectivity index (χ4n) is 7.77. The fraction of sp³-hybridized carbons (Fsp3) is 0.218. The molecule has 66 heavy (non-hydrogen) atoms. The van der Waals surface area contributed by atoms with Gasteiger partial charge in [0.05, 0.1) is 34.0 Å². The van der Waals surface area contributed by atoms with Crippen LogP contribution in [0, 0.1) is 27.7 Å². The van der Waals surface area contributed by atoms with Gasteiger partial charge in [-0.3, -0.25) is 0 Å².